The van der Waals surface area contributed by atoms with Crippen LogP contribution in [0.25, 0.3) is 11.0 Å². The van der Waals surface area contributed by atoms with Crippen LogP contribution in [0.15, 0.2) is 53.4 Å². The maximum Gasteiger partial charge on any atom is 0.246 e. The number of aromatic nitrogens is 3. The number of nitrogens with zero attached hydrogens (tertiary/aromatic N) is 3. The minimum absolute atomic E-state index is 0.0569. The lowest BCUT2D eigenvalue weighted by Crippen LogP contribution is -2.20. The molecular formula is C15H14N4O3S. The third kappa shape index (κ3) is 3.21. The Hall–Kier alpha value is -2.74. The molecule has 0 saturated carbocycles. The van der Waals surface area contributed by atoms with Crippen molar-refractivity contribution in [1.29, 1.82) is 0 Å². The van der Waals surface area contributed by atoms with Crippen LogP contribution in [0.2, 0.25) is 0 Å². The maximum atomic E-state index is 12.2. The number of carbonyl (C=O) groups excluding carboxylic acids is 1. The molecule has 0 aliphatic carbocycles. The number of carbonyl (C=O) groups is 1. The summed E-state index contributed by atoms with van der Waals surface area (Å²) in [6.07, 6.45) is 1.10. The summed E-state index contributed by atoms with van der Waals surface area (Å²) >= 11 is 0. The van der Waals surface area contributed by atoms with Crippen molar-refractivity contribution in [3.8, 4) is 0 Å². The summed E-state index contributed by atoms with van der Waals surface area (Å²) in [6.45, 7) is -0.0569. The monoisotopic (exact) mass is 330 g/mol. The molecule has 0 aliphatic rings. The topological polar surface area (TPSA) is 94.0 Å². The van der Waals surface area contributed by atoms with Gasteiger partial charge in [-0.1, -0.05) is 29.5 Å². The molecule has 0 saturated heterocycles. The molecule has 2 aromatic carbocycles. The molecule has 0 fully saturated rings. The van der Waals surface area contributed by atoms with Gasteiger partial charge in [0.25, 0.3) is 0 Å². The Labute approximate surface area is 132 Å². The van der Waals surface area contributed by atoms with E-state index in [9.17, 15) is 13.2 Å². The lowest BCUT2D eigenvalue weighted by Gasteiger charge is -2.09. The van der Waals surface area contributed by atoms with E-state index in [0.29, 0.717) is 5.52 Å². The van der Waals surface area contributed by atoms with Crippen LogP contribution in [0.3, 0.4) is 0 Å². The minimum Gasteiger partial charge on any atom is -0.323 e. The van der Waals surface area contributed by atoms with Gasteiger partial charge in [0.1, 0.15) is 12.1 Å². The number of anilines is 1. The van der Waals surface area contributed by atoms with Crippen molar-refractivity contribution in [1.82, 2.24) is 15.0 Å². The maximum absolute atomic E-state index is 12.2. The fraction of sp³-hybridized carbons (Fsp3) is 0.133. The Morgan fingerprint density at radius 1 is 1.13 bits per heavy atom. The summed E-state index contributed by atoms with van der Waals surface area (Å²) in [7, 11) is -3.43. The molecule has 8 heteroatoms. The summed E-state index contributed by atoms with van der Waals surface area (Å²) in [5.41, 5.74) is 1.68. The van der Waals surface area contributed by atoms with Crippen LogP contribution < -0.4 is 5.32 Å². The van der Waals surface area contributed by atoms with E-state index < -0.39 is 9.84 Å². The Morgan fingerprint density at radius 3 is 2.61 bits per heavy atom. The zero-order chi connectivity index (χ0) is 16.4. The first-order valence-electron chi connectivity index (χ1n) is 6.82. The first-order valence-corrected chi connectivity index (χ1v) is 8.71. The van der Waals surface area contributed by atoms with Crippen molar-refractivity contribution in [3.63, 3.8) is 0 Å². The van der Waals surface area contributed by atoms with Gasteiger partial charge < -0.3 is 5.32 Å². The van der Waals surface area contributed by atoms with Gasteiger partial charge >= 0.3 is 0 Å². The number of rotatable bonds is 4. The van der Waals surface area contributed by atoms with E-state index in [1.54, 1.807) is 24.3 Å². The molecule has 1 amide bonds. The highest BCUT2D eigenvalue weighted by atomic mass is 32.2. The number of hydrogen-bond acceptors (Lipinski definition) is 5. The van der Waals surface area contributed by atoms with E-state index in [1.807, 2.05) is 18.2 Å². The molecule has 118 valence electrons. The second kappa shape index (κ2) is 5.81. The molecule has 1 aromatic heterocycles. The number of benzene rings is 2. The van der Waals surface area contributed by atoms with E-state index in [1.165, 1.54) is 10.7 Å². The molecule has 7 nitrogen and oxygen atoms in total. The molecule has 23 heavy (non-hydrogen) atoms. The molecule has 1 heterocycles. The van der Waals surface area contributed by atoms with E-state index in [0.717, 1.165) is 11.8 Å². The minimum atomic E-state index is -3.43. The number of sulfone groups is 1. The summed E-state index contributed by atoms with van der Waals surface area (Å²) in [5.74, 6) is -0.378. The highest BCUT2D eigenvalue weighted by Crippen LogP contribution is 2.20. The third-order valence-corrected chi connectivity index (χ3v) is 4.43. The summed E-state index contributed by atoms with van der Waals surface area (Å²) in [6, 6.07) is 13.6. The highest BCUT2D eigenvalue weighted by Gasteiger charge is 2.15. The van der Waals surface area contributed by atoms with Crippen molar-refractivity contribution >= 4 is 32.5 Å². The van der Waals surface area contributed by atoms with Crippen molar-refractivity contribution in [3.05, 3.63) is 48.5 Å². The predicted molar refractivity (Wildman–Crippen MR) is 85.7 cm³/mol. The van der Waals surface area contributed by atoms with Crippen LogP contribution in [-0.2, 0) is 21.2 Å². The van der Waals surface area contributed by atoms with Crippen molar-refractivity contribution in [2.75, 3.05) is 11.6 Å². The number of para-hydroxylation sites is 2. The molecule has 0 unspecified atom stereocenters. The second-order valence-electron chi connectivity index (χ2n) is 5.05. The van der Waals surface area contributed by atoms with Gasteiger partial charge in [0, 0.05) is 6.26 Å². The van der Waals surface area contributed by atoms with E-state index in [4.69, 9.17) is 0 Å². The Bertz CT molecular complexity index is 979. The first-order chi connectivity index (χ1) is 10.9. The van der Waals surface area contributed by atoms with Crippen molar-refractivity contribution < 1.29 is 13.2 Å². The van der Waals surface area contributed by atoms with Gasteiger partial charge in [0.2, 0.25) is 5.91 Å². The molecule has 3 aromatic rings. The van der Waals surface area contributed by atoms with Crippen LogP contribution in [-0.4, -0.2) is 35.6 Å². The van der Waals surface area contributed by atoms with Gasteiger partial charge in [-0.25, -0.2) is 13.1 Å². The lowest BCUT2D eigenvalue weighted by molar-refractivity contribution is -0.116. The van der Waals surface area contributed by atoms with Crippen molar-refractivity contribution in [2.24, 2.45) is 0 Å². The molecule has 0 atom stereocenters. The summed E-state index contributed by atoms with van der Waals surface area (Å²) < 4.78 is 25.0. The number of amides is 1. The molecule has 3 rings (SSSR count). The third-order valence-electron chi connectivity index (χ3n) is 3.27. The van der Waals surface area contributed by atoms with Crippen LogP contribution in [0.5, 0.6) is 0 Å². The highest BCUT2D eigenvalue weighted by molar-refractivity contribution is 7.90. The fourth-order valence-electron chi connectivity index (χ4n) is 2.25. The number of hydrogen-bond donors (Lipinski definition) is 1. The molecule has 0 bridgehead atoms. The van der Waals surface area contributed by atoms with Crippen molar-refractivity contribution in [2.45, 2.75) is 11.4 Å². The molecule has 0 spiro atoms. The van der Waals surface area contributed by atoms with E-state index >= 15 is 0 Å². The summed E-state index contributed by atoms with van der Waals surface area (Å²) in [4.78, 5) is 12.3. The molecule has 0 aliphatic heterocycles. The van der Waals surface area contributed by atoms with Gasteiger partial charge in [0.15, 0.2) is 9.84 Å². The largest absolute Gasteiger partial charge is 0.323 e. The van der Waals surface area contributed by atoms with Crippen LogP contribution in [0, 0.1) is 0 Å². The quantitative estimate of drug-likeness (QED) is 0.782. The molecule has 0 radical (unpaired) electrons. The zero-order valence-corrected chi connectivity index (χ0v) is 13.1. The van der Waals surface area contributed by atoms with Gasteiger partial charge in [0.05, 0.1) is 16.1 Å². The molecule has 1 N–H and O–H groups in total. The van der Waals surface area contributed by atoms with Gasteiger partial charge in [-0.15, -0.1) is 5.10 Å². The summed E-state index contributed by atoms with van der Waals surface area (Å²) in [5, 5.41) is 10.5. The van der Waals surface area contributed by atoms with E-state index in [2.05, 4.69) is 15.6 Å². The standard InChI is InChI=1S/C15H14N4O3S/c1-23(21,22)14-9-5-3-7-12(14)16-15(20)10-19-13-8-4-2-6-11(13)17-18-19/h2-9H,10H2,1H3,(H,16,20). The zero-order valence-electron chi connectivity index (χ0n) is 12.3. The first kappa shape index (κ1) is 15.2. The van der Waals surface area contributed by atoms with E-state index in [-0.39, 0.29) is 23.0 Å². The number of nitrogens with one attached hydrogen (secondary N) is 1. The Kier molecular flexibility index (Phi) is 3.83. The predicted octanol–water partition coefficient (Wildman–Crippen LogP) is 1.47. The molecular weight excluding hydrogens is 316 g/mol. The Morgan fingerprint density at radius 2 is 1.83 bits per heavy atom. The second-order valence-corrected chi connectivity index (χ2v) is 7.04. The Balaban J connectivity index is 1.84. The fourth-order valence-corrected chi connectivity index (χ4v) is 3.10. The van der Waals surface area contributed by atoms with Gasteiger partial charge in [-0.3, -0.25) is 4.79 Å². The van der Waals surface area contributed by atoms with Crippen LogP contribution in [0.4, 0.5) is 5.69 Å². The normalized spacial score (nSPS) is 11.5. The average molecular weight is 330 g/mol. The number of fused-ring (bicyclic) bond motifs is 1. The van der Waals surface area contributed by atoms with Crippen LogP contribution in [0.1, 0.15) is 0 Å². The van der Waals surface area contributed by atoms with Crippen LogP contribution >= 0.6 is 0 Å². The average Bonchev–Trinajstić information content (AvgIpc) is 2.90. The van der Waals surface area contributed by atoms with Gasteiger partial charge in [-0.2, -0.15) is 0 Å². The smallest absolute Gasteiger partial charge is 0.246 e. The SMILES string of the molecule is CS(=O)(=O)c1ccccc1NC(=O)Cn1nnc2ccccc21. The van der Waals surface area contributed by atoms with Gasteiger partial charge in [-0.05, 0) is 24.3 Å². The lowest BCUT2D eigenvalue weighted by atomic mass is 10.3.